The van der Waals surface area contributed by atoms with E-state index in [0.29, 0.717) is 5.75 Å². The molecule has 8 heteroatoms. The minimum Gasteiger partial charge on any atom is -0.268 e. The second kappa shape index (κ2) is 6.54. The van der Waals surface area contributed by atoms with Crippen molar-refractivity contribution in [1.29, 1.82) is 0 Å². The van der Waals surface area contributed by atoms with Crippen LogP contribution in [0.3, 0.4) is 0 Å². The summed E-state index contributed by atoms with van der Waals surface area (Å²) in [4.78, 5) is 25.0. The van der Waals surface area contributed by atoms with E-state index in [1.807, 2.05) is 30.3 Å². The number of carbonyl (C=O) groups is 2. The molecule has 3 nitrogen and oxygen atoms in total. The zero-order valence-electron chi connectivity index (χ0n) is 11.3. The number of nitrogens with zero attached hydrogens (tertiary/aromatic N) is 1. The van der Waals surface area contributed by atoms with E-state index < -0.39 is 11.8 Å². The van der Waals surface area contributed by atoms with Crippen LogP contribution in [0.2, 0.25) is 20.1 Å². The summed E-state index contributed by atoms with van der Waals surface area (Å²) in [5, 5.41) is -0.184. The van der Waals surface area contributed by atoms with Crippen molar-refractivity contribution in [3.63, 3.8) is 0 Å². The maximum atomic E-state index is 12.5. The first-order valence-corrected chi connectivity index (χ1v) is 8.80. The first-order chi connectivity index (χ1) is 10.9. The van der Waals surface area contributed by atoms with Gasteiger partial charge in [-0.1, -0.05) is 76.7 Å². The molecule has 0 spiro atoms. The van der Waals surface area contributed by atoms with Crippen LogP contribution in [0, 0.1) is 0 Å². The maximum Gasteiger partial charge on any atom is 0.273 e. The predicted octanol–water partition coefficient (Wildman–Crippen LogP) is 5.74. The number of rotatable bonds is 3. The predicted molar refractivity (Wildman–Crippen MR) is 94.7 cm³/mol. The van der Waals surface area contributed by atoms with Gasteiger partial charge in [0, 0.05) is 5.75 Å². The molecule has 0 bridgehead atoms. The second-order valence-corrected chi connectivity index (χ2v) is 7.09. The van der Waals surface area contributed by atoms with Crippen LogP contribution in [0.15, 0.2) is 30.3 Å². The lowest BCUT2D eigenvalue weighted by molar-refractivity contribution is 0.0777. The van der Waals surface area contributed by atoms with Crippen molar-refractivity contribution < 1.29 is 9.59 Å². The minimum atomic E-state index is -0.545. The van der Waals surface area contributed by atoms with E-state index >= 15 is 0 Å². The maximum absolute atomic E-state index is 12.5. The molecule has 0 saturated carbocycles. The molecule has 23 heavy (non-hydrogen) atoms. The third-order valence-electron chi connectivity index (χ3n) is 3.27. The Balaban J connectivity index is 1.95. The lowest BCUT2D eigenvalue weighted by Crippen LogP contribution is -2.22. The molecular weight excluding hydrogens is 400 g/mol. The van der Waals surface area contributed by atoms with Gasteiger partial charge in [-0.05, 0) is 17.5 Å². The number of imide groups is 1. The van der Waals surface area contributed by atoms with Crippen molar-refractivity contribution in [3.8, 4) is 0 Å². The van der Waals surface area contributed by atoms with Gasteiger partial charge in [0.05, 0.1) is 31.2 Å². The van der Waals surface area contributed by atoms with Gasteiger partial charge in [-0.2, -0.15) is 0 Å². The molecule has 0 aliphatic carbocycles. The van der Waals surface area contributed by atoms with Crippen molar-refractivity contribution in [2.75, 3.05) is 0 Å². The third kappa shape index (κ3) is 2.83. The van der Waals surface area contributed by atoms with Crippen molar-refractivity contribution >= 4 is 70.2 Å². The van der Waals surface area contributed by atoms with Gasteiger partial charge in [0.15, 0.2) is 0 Å². The standard InChI is InChI=1S/C15H7Cl4NO2S/c16-10-8-9(11(17)13(19)12(10)18)15(22)20(14(8)21)23-6-7-4-2-1-3-5-7/h1-5H,6H2. The third-order valence-corrected chi connectivity index (χ3v) is 6.12. The first kappa shape index (κ1) is 16.9. The van der Waals surface area contributed by atoms with E-state index in [-0.39, 0.29) is 31.2 Å². The fraction of sp³-hybridized carbons (Fsp3) is 0.0667. The van der Waals surface area contributed by atoms with Crippen molar-refractivity contribution in [2.24, 2.45) is 0 Å². The van der Waals surface area contributed by atoms with E-state index in [9.17, 15) is 9.59 Å². The Bertz CT molecular complexity index is 779. The van der Waals surface area contributed by atoms with E-state index in [1.165, 1.54) is 0 Å². The normalized spacial score (nSPS) is 13.7. The summed E-state index contributed by atoms with van der Waals surface area (Å²) >= 11 is 25.1. The van der Waals surface area contributed by atoms with Gasteiger partial charge < -0.3 is 0 Å². The molecule has 2 aromatic carbocycles. The van der Waals surface area contributed by atoms with E-state index in [2.05, 4.69) is 0 Å². The summed E-state index contributed by atoms with van der Waals surface area (Å²) in [5.74, 6) is -0.643. The largest absolute Gasteiger partial charge is 0.273 e. The molecule has 118 valence electrons. The molecular formula is C15H7Cl4NO2S. The number of hydrogen-bond donors (Lipinski definition) is 0. The molecule has 1 aliphatic heterocycles. The molecule has 0 atom stereocenters. The summed E-state index contributed by atoms with van der Waals surface area (Å²) in [6.07, 6.45) is 0. The number of carbonyl (C=O) groups excluding carboxylic acids is 2. The van der Waals surface area contributed by atoms with Crippen LogP contribution >= 0.6 is 58.4 Å². The van der Waals surface area contributed by atoms with Gasteiger partial charge in [-0.15, -0.1) is 0 Å². The number of halogens is 4. The van der Waals surface area contributed by atoms with Gasteiger partial charge in [0.2, 0.25) is 0 Å². The fourth-order valence-electron chi connectivity index (χ4n) is 2.16. The zero-order chi connectivity index (χ0) is 16.7. The number of fused-ring (bicyclic) bond motifs is 1. The van der Waals surface area contributed by atoms with Gasteiger partial charge >= 0.3 is 0 Å². The van der Waals surface area contributed by atoms with Crippen LogP contribution in [-0.2, 0) is 5.75 Å². The monoisotopic (exact) mass is 405 g/mol. The van der Waals surface area contributed by atoms with Crippen molar-refractivity contribution in [1.82, 2.24) is 4.31 Å². The Morgan fingerprint density at radius 2 is 1.26 bits per heavy atom. The summed E-state index contributed by atoms with van der Waals surface area (Å²) in [5.41, 5.74) is 0.968. The first-order valence-electron chi connectivity index (χ1n) is 6.35. The van der Waals surface area contributed by atoms with Crippen LogP contribution in [0.5, 0.6) is 0 Å². The van der Waals surface area contributed by atoms with Gasteiger partial charge in [0.1, 0.15) is 0 Å². The van der Waals surface area contributed by atoms with Gasteiger partial charge in [0.25, 0.3) is 11.8 Å². The Hall–Kier alpha value is -0.910. The van der Waals surface area contributed by atoms with Crippen molar-refractivity contribution in [2.45, 2.75) is 5.75 Å². The zero-order valence-corrected chi connectivity index (χ0v) is 15.1. The molecule has 0 N–H and O–H groups in total. The SMILES string of the molecule is O=C1c2c(Cl)c(Cl)c(Cl)c(Cl)c2C(=O)N1SCc1ccccc1. The average Bonchev–Trinajstić information content (AvgIpc) is 2.81. The quantitative estimate of drug-likeness (QED) is 0.282. The van der Waals surface area contributed by atoms with Crippen LogP contribution in [0.25, 0.3) is 0 Å². The average molecular weight is 407 g/mol. The fourth-order valence-corrected chi connectivity index (χ4v) is 4.06. The summed E-state index contributed by atoms with van der Waals surface area (Å²) in [7, 11) is 0. The Labute approximate surface area is 156 Å². The van der Waals surface area contributed by atoms with Gasteiger partial charge in [-0.3, -0.25) is 9.59 Å². The summed E-state index contributed by atoms with van der Waals surface area (Å²) < 4.78 is 1.03. The Morgan fingerprint density at radius 1 is 0.783 bits per heavy atom. The molecule has 2 amide bonds. The Morgan fingerprint density at radius 3 is 1.74 bits per heavy atom. The molecule has 3 rings (SSSR count). The molecule has 1 heterocycles. The molecule has 0 saturated heterocycles. The number of hydrogen-bond acceptors (Lipinski definition) is 3. The summed E-state index contributed by atoms with van der Waals surface area (Å²) in [6, 6.07) is 9.45. The highest BCUT2D eigenvalue weighted by Gasteiger charge is 2.42. The van der Waals surface area contributed by atoms with Crippen LogP contribution in [-0.4, -0.2) is 16.1 Å². The van der Waals surface area contributed by atoms with Crippen LogP contribution in [0.1, 0.15) is 26.3 Å². The highest BCUT2D eigenvalue weighted by molar-refractivity contribution is 7.97. The lowest BCUT2D eigenvalue weighted by atomic mass is 10.1. The number of benzene rings is 2. The molecule has 1 aliphatic rings. The van der Waals surface area contributed by atoms with E-state index in [0.717, 1.165) is 21.8 Å². The minimum absolute atomic E-state index is 0.00312. The molecule has 0 unspecified atom stereocenters. The summed E-state index contributed by atoms with van der Waals surface area (Å²) in [6.45, 7) is 0. The van der Waals surface area contributed by atoms with Gasteiger partial charge in [-0.25, -0.2) is 4.31 Å². The topological polar surface area (TPSA) is 37.4 Å². The highest BCUT2D eigenvalue weighted by Crippen LogP contribution is 2.46. The number of amides is 2. The lowest BCUT2D eigenvalue weighted by Gasteiger charge is -2.12. The van der Waals surface area contributed by atoms with Crippen LogP contribution in [0.4, 0.5) is 0 Å². The molecule has 0 aromatic heterocycles. The highest BCUT2D eigenvalue weighted by atomic mass is 35.5. The smallest absolute Gasteiger partial charge is 0.268 e. The Kier molecular flexibility index (Phi) is 4.81. The second-order valence-electron chi connectivity index (χ2n) is 4.67. The molecule has 0 fully saturated rings. The van der Waals surface area contributed by atoms with Crippen LogP contribution < -0.4 is 0 Å². The molecule has 2 aromatic rings. The van der Waals surface area contributed by atoms with E-state index in [4.69, 9.17) is 46.4 Å². The van der Waals surface area contributed by atoms with Crippen molar-refractivity contribution in [3.05, 3.63) is 67.1 Å². The molecule has 0 radical (unpaired) electrons. The van der Waals surface area contributed by atoms with E-state index in [1.54, 1.807) is 0 Å².